The molecular weight excluding hydrogens is 311 g/mol. The Labute approximate surface area is 117 Å². The maximum absolute atomic E-state index is 14.0. The number of rotatable bonds is 2. The molecule has 0 aliphatic heterocycles. The molecule has 6 heteroatoms. The summed E-state index contributed by atoms with van der Waals surface area (Å²) in [6, 6.07) is 8.41. The number of benzene rings is 1. The van der Waals surface area contributed by atoms with Gasteiger partial charge >= 0.3 is 0 Å². The smallest absolute Gasteiger partial charge is 0.163 e. The first-order valence-electron chi connectivity index (χ1n) is 5.51. The van der Waals surface area contributed by atoms with Crippen molar-refractivity contribution in [3.8, 4) is 17.1 Å². The molecule has 0 unspecified atom stereocenters. The highest BCUT2D eigenvalue weighted by atomic mass is 79.9. The van der Waals surface area contributed by atoms with Crippen LogP contribution in [0.1, 0.15) is 0 Å². The van der Waals surface area contributed by atoms with E-state index in [9.17, 15) is 4.39 Å². The van der Waals surface area contributed by atoms with Gasteiger partial charge < -0.3 is 0 Å². The van der Waals surface area contributed by atoms with Gasteiger partial charge in [-0.1, -0.05) is 15.9 Å². The molecule has 0 atom stereocenters. The lowest BCUT2D eigenvalue weighted by Crippen LogP contribution is -2.02. The first-order chi connectivity index (χ1) is 9.25. The third kappa shape index (κ3) is 2.26. The van der Waals surface area contributed by atoms with E-state index in [1.165, 1.54) is 17.1 Å². The second-order valence-electron chi connectivity index (χ2n) is 3.83. The van der Waals surface area contributed by atoms with E-state index in [1.807, 2.05) is 0 Å². The minimum atomic E-state index is -0.366. The normalized spacial score (nSPS) is 10.6. The summed E-state index contributed by atoms with van der Waals surface area (Å²) in [5.41, 5.74) is 1.18. The number of pyridine rings is 1. The molecule has 0 bridgehead atoms. The molecule has 0 saturated carbocycles. The number of nitrogens with zero attached hydrogens (tertiary/aromatic N) is 4. The van der Waals surface area contributed by atoms with Crippen molar-refractivity contribution in [1.82, 2.24) is 19.7 Å². The van der Waals surface area contributed by atoms with Crippen molar-refractivity contribution in [3.05, 3.63) is 59.3 Å². The third-order valence-corrected chi connectivity index (χ3v) is 3.12. The van der Waals surface area contributed by atoms with Crippen LogP contribution in [0.4, 0.5) is 4.39 Å². The molecule has 0 amide bonds. The van der Waals surface area contributed by atoms with E-state index < -0.39 is 0 Å². The van der Waals surface area contributed by atoms with Gasteiger partial charge in [-0.15, -0.1) is 0 Å². The Hall–Kier alpha value is -2.08. The van der Waals surface area contributed by atoms with E-state index in [4.69, 9.17) is 0 Å². The van der Waals surface area contributed by atoms with Gasteiger partial charge in [0.25, 0.3) is 0 Å². The van der Waals surface area contributed by atoms with Crippen molar-refractivity contribution in [3.63, 3.8) is 0 Å². The van der Waals surface area contributed by atoms with E-state index in [0.717, 1.165) is 5.56 Å². The van der Waals surface area contributed by atoms with Crippen molar-refractivity contribution >= 4 is 15.9 Å². The Morgan fingerprint density at radius 1 is 1.11 bits per heavy atom. The Bertz CT molecular complexity index is 712. The highest BCUT2D eigenvalue weighted by molar-refractivity contribution is 9.10. The Morgan fingerprint density at radius 2 is 1.89 bits per heavy atom. The Morgan fingerprint density at radius 3 is 2.63 bits per heavy atom. The fraction of sp³-hybridized carbons (Fsp3) is 0. The molecule has 0 N–H and O–H groups in total. The summed E-state index contributed by atoms with van der Waals surface area (Å²) in [4.78, 5) is 8.12. The second-order valence-corrected chi connectivity index (χ2v) is 4.74. The molecule has 0 aliphatic carbocycles. The first kappa shape index (κ1) is 12.0. The van der Waals surface area contributed by atoms with Crippen LogP contribution in [0.15, 0.2) is 53.5 Å². The van der Waals surface area contributed by atoms with E-state index in [0.29, 0.717) is 16.0 Å². The van der Waals surface area contributed by atoms with Crippen molar-refractivity contribution in [1.29, 1.82) is 0 Å². The zero-order valence-corrected chi connectivity index (χ0v) is 11.2. The summed E-state index contributed by atoms with van der Waals surface area (Å²) < 4.78 is 16.1. The van der Waals surface area contributed by atoms with Crippen LogP contribution in [0.2, 0.25) is 0 Å². The molecule has 0 aliphatic rings. The lowest BCUT2D eigenvalue weighted by Gasteiger charge is -2.07. The van der Waals surface area contributed by atoms with Gasteiger partial charge in [0.15, 0.2) is 5.82 Å². The van der Waals surface area contributed by atoms with Crippen molar-refractivity contribution in [2.24, 2.45) is 0 Å². The quantitative estimate of drug-likeness (QED) is 0.728. The molecule has 2 aromatic heterocycles. The Kier molecular flexibility index (Phi) is 3.08. The number of hydrogen-bond acceptors (Lipinski definition) is 3. The van der Waals surface area contributed by atoms with Gasteiger partial charge in [0.1, 0.15) is 17.8 Å². The second kappa shape index (κ2) is 4.89. The van der Waals surface area contributed by atoms with E-state index in [2.05, 4.69) is 31.0 Å². The predicted molar refractivity (Wildman–Crippen MR) is 72.2 cm³/mol. The molecular formula is C13H8BrFN4. The first-order valence-corrected chi connectivity index (χ1v) is 6.31. The third-order valence-electron chi connectivity index (χ3n) is 2.62. The van der Waals surface area contributed by atoms with Crippen molar-refractivity contribution < 1.29 is 4.39 Å². The standard InChI is InChI=1S/C13H8BrFN4/c14-10-1-2-12(11(15)7-10)19-13(17-8-18-19)9-3-5-16-6-4-9/h1-8H. The highest BCUT2D eigenvalue weighted by Crippen LogP contribution is 2.23. The van der Waals surface area contributed by atoms with Gasteiger partial charge in [0.05, 0.1) is 0 Å². The molecule has 0 saturated heterocycles. The lowest BCUT2D eigenvalue weighted by molar-refractivity contribution is 0.610. The Balaban J connectivity index is 2.15. The maximum Gasteiger partial charge on any atom is 0.163 e. The van der Waals surface area contributed by atoms with Gasteiger partial charge in [-0.25, -0.2) is 14.1 Å². The minimum absolute atomic E-state index is 0.354. The molecule has 2 heterocycles. The number of halogens is 2. The molecule has 0 spiro atoms. The molecule has 1 aromatic carbocycles. The lowest BCUT2D eigenvalue weighted by atomic mass is 10.2. The maximum atomic E-state index is 14.0. The van der Waals surface area contributed by atoms with Crippen molar-refractivity contribution in [2.45, 2.75) is 0 Å². The van der Waals surface area contributed by atoms with Crippen LogP contribution >= 0.6 is 15.9 Å². The van der Waals surface area contributed by atoms with E-state index >= 15 is 0 Å². The molecule has 3 aromatic rings. The highest BCUT2D eigenvalue weighted by Gasteiger charge is 2.12. The van der Waals surface area contributed by atoms with Gasteiger partial charge in [-0.3, -0.25) is 4.98 Å². The van der Waals surface area contributed by atoms with Crippen LogP contribution in [0.3, 0.4) is 0 Å². The topological polar surface area (TPSA) is 43.6 Å². The van der Waals surface area contributed by atoms with Crippen LogP contribution in [0, 0.1) is 5.82 Å². The molecule has 0 fully saturated rings. The summed E-state index contributed by atoms with van der Waals surface area (Å²) in [6.45, 7) is 0. The average Bonchev–Trinajstić information content (AvgIpc) is 2.89. The van der Waals surface area contributed by atoms with Gasteiger partial charge in [0.2, 0.25) is 0 Å². The molecule has 3 rings (SSSR count). The van der Waals surface area contributed by atoms with Crippen LogP contribution in [-0.2, 0) is 0 Å². The van der Waals surface area contributed by atoms with E-state index in [-0.39, 0.29) is 5.82 Å². The van der Waals surface area contributed by atoms with Crippen LogP contribution in [0.25, 0.3) is 17.1 Å². The zero-order valence-electron chi connectivity index (χ0n) is 9.66. The summed E-state index contributed by atoms with van der Waals surface area (Å²) >= 11 is 3.23. The number of aromatic nitrogens is 4. The fourth-order valence-corrected chi connectivity index (χ4v) is 2.10. The number of hydrogen-bond donors (Lipinski definition) is 0. The average molecular weight is 319 g/mol. The monoisotopic (exact) mass is 318 g/mol. The summed E-state index contributed by atoms with van der Waals surface area (Å²) in [7, 11) is 0. The fourth-order valence-electron chi connectivity index (χ4n) is 1.77. The van der Waals surface area contributed by atoms with Crippen LogP contribution in [-0.4, -0.2) is 19.7 Å². The van der Waals surface area contributed by atoms with Crippen molar-refractivity contribution in [2.75, 3.05) is 0 Å². The van der Waals surface area contributed by atoms with Gasteiger partial charge in [-0.2, -0.15) is 5.10 Å². The SMILES string of the molecule is Fc1cc(Br)ccc1-n1ncnc1-c1ccncc1. The molecule has 0 radical (unpaired) electrons. The van der Waals surface area contributed by atoms with E-state index in [1.54, 1.807) is 36.7 Å². The van der Waals surface area contributed by atoms with Gasteiger partial charge in [0, 0.05) is 22.4 Å². The molecule has 94 valence electrons. The summed E-state index contributed by atoms with van der Waals surface area (Å²) in [5, 5.41) is 4.08. The van der Waals surface area contributed by atoms with Crippen LogP contribution in [0.5, 0.6) is 0 Å². The zero-order chi connectivity index (χ0) is 13.2. The van der Waals surface area contributed by atoms with Gasteiger partial charge in [-0.05, 0) is 30.3 Å². The summed E-state index contributed by atoms with van der Waals surface area (Å²) in [6.07, 6.45) is 4.72. The van der Waals surface area contributed by atoms with Crippen LogP contribution < -0.4 is 0 Å². The minimum Gasteiger partial charge on any atom is -0.265 e. The predicted octanol–water partition coefficient (Wildman–Crippen LogP) is 3.23. The molecule has 4 nitrogen and oxygen atoms in total. The largest absolute Gasteiger partial charge is 0.265 e. The summed E-state index contributed by atoms with van der Waals surface area (Å²) in [5.74, 6) is 0.207. The molecule has 19 heavy (non-hydrogen) atoms.